The van der Waals surface area contributed by atoms with Gasteiger partial charge in [-0.15, -0.1) is 22.7 Å². The molecule has 0 N–H and O–H groups in total. The van der Waals surface area contributed by atoms with Gasteiger partial charge >= 0.3 is 0 Å². The molecule has 85 heavy (non-hydrogen) atoms. The Bertz CT molecular complexity index is 3210. The van der Waals surface area contributed by atoms with E-state index in [1.165, 1.54) is 42.4 Å². The van der Waals surface area contributed by atoms with Gasteiger partial charge in [0.25, 0.3) is 0 Å². The Morgan fingerprint density at radius 3 is 0.894 bits per heavy atom. The molecule has 0 aliphatic rings. The van der Waals surface area contributed by atoms with Crippen molar-refractivity contribution in [1.82, 2.24) is 19.9 Å². The number of hydrogen-bond acceptors (Lipinski definition) is 10. The molecule has 0 aliphatic carbocycles. The zero-order valence-corrected chi connectivity index (χ0v) is 50.1. The number of benzene rings is 6. The monoisotopic (exact) mass is 1210 g/mol. The fraction of sp³-hybridized carbons (Fsp3) is 0.297. The van der Waals surface area contributed by atoms with Crippen molar-refractivity contribution in [2.75, 3.05) is 0 Å². The quantitative estimate of drug-likeness (QED) is 0.148. The molecule has 4 aromatic heterocycles. The van der Waals surface area contributed by atoms with Crippen LogP contribution in [0.5, 0.6) is 23.0 Å². The van der Waals surface area contributed by atoms with E-state index < -0.39 is 9.84 Å². The first kappa shape index (κ1) is 81.6. The number of aryl methyl sites for hydroxylation is 12. The van der Waals surface area contributed by atoms with E-state index in [1.807, 2.05) is 101 Å². The summed E-state index contributed by atoms with van der Waals surface area (Å²) in [5.41, 5.74) is 12.1. The lowest BCUT2D eigenvalue weighted by molar-refractivity contribution is 0.481. The van der Waals surface area contributed by atoms with Gasteiger partial charge in [-0.25, -0.2) is 8.42 Å². The molecule has 11 heteroatoms. The molecule has 0 unspecified atom stereocenters. The van der Waals surface area contributed by atoms with Crippen LogP contribution in [0, 0.1) is 83.1 Å². The maximum Gasteiger partial charge on any atom is 0.206 e. The van der Waals surface area contributed by atoms with E-state index in [4.69, 9.17) is 9.47 Å². The van der Waals surface area contributed by atoms with Crippen molar-refractivity contribution in [3.63, 3.8) is 0 Å². The topological polar surface area (TPSA) is 104 Å². The second-order valence-electron chi connectivity index (χ2n) is 19.6. The van der Waals surface area contributed by atoms with Crippen LogP contribution in [0.1, 0.15) is 142 Å². The average Bonchev–Trinajstić information content (AvgIpc) is 3.81. The van der Waals surface area contributed by atoms with E-state index >= 15 is 0 Å². The molecular formula is C74H102N4O4S3. The van der Waals surface area contributed by atoms with E-state index in [-0.39, 0.29) is 57.4 Å². The molecule has 460 valence electrons. The average molecular weight is 1210 g/mol. The molecule has 10 rings (SSSR count). The van der Waals surface area contributed by atoms with E-state index in [0.29, 0.717) is 9.79 Å². The molecule has 8 nitrogen and oxygen atoms in total. The number of hydrogen-bond donors (Lipinski definition) is 0. The van der Waals surface area contributed by atoms with Gasteiger partial charge in [-0.2, -0.15) is 0 Å². The first-order valence-electron chi connectivity index (χ1n) is 25.7. The van der Waals surface area contributed by atoms with Crippen molar-refractivity contribution in [2.24, 2.45) is 0 Å². The van der Waals surface area contributed by atoms with Crippen molar-refractivity contribution in [3.05, 3.63) is 270 Å². The van der Waals surface area contributed by atoms with Gasteiger partial charge in [0.2, 0.25) is 9.84 Å². The van der Waals surface area contributed by atoms with Crippen molar-refractivity contribution >= 4 is 32.5 Å². The van der Waals surface area contributed by atoms with E-state index in [1.54, 1.807) is 84.7 Å². The smallest absolute Gasteiger partial charge is 0.206 e. The number of rotatable bonds is 8. The SMILES string of the molecule is C.C.C.C.C.C.C.Cc1ccc(C)s1.Cc1ccc(Oc2ccc(C(C)(C)c3ccc(Oc4ccc(C)cc4)cc3)cc2)cc1.Cc1ccc(S(=O)(=O)c2ccc(C)cc2)cc1.Cc1cnc(C)cn1.Cc1cncc(C)n1.Cc1csc(C)c1. The lowest BCUT2D eigenvalue weighted by Crippen LogP contribution is -2.18. The fourth-order valence-corrected chi connectivity index (χ4v) is 10.0. The number of ether oxygens (including phenoxy) is 2. The summed E-state index contributed by atoms with van der Waals surface area (Å²) < 4.78 is 36.5. The van der Waals surface area contributed by atoms with Crippen LogP contribution in [-0.2, 0) is 15.3 Å². The van der Waals surface area contributed by atoms with Crippen LogP contribution < -0.4 is 9.47 Å². The Morgan fingerprint density at radius 2 is 0.671 bits per heavy atom. The number of thiophene rings is 2. The number of nitrogens with zero attached hydrogens (tertiary/aromatic N) is 4. The summed E-state index contributed by atoms with van der Waals surface area (Å²) in [6, 6.07) is 53.1. The Kier molecular flexibility index (Phi) is 38.3. The van der Waals surface area contributed by atoms with E-state index in [9.17, 15) is 8.42 Å². The van der Waals surface area contributed by atoms with Crippen molar-refractivity contribution in [3.8, 4) is 23.0 Å². The minimum atomic E-state index is -3.37. The molecule has 0 atom stereocenters. The number of sulfone groups is 1. The van der Waals surface area contributed by atoms with Crippen molar-refractivity contribution < 1.29 is 17.9 Å². The third-order valence-electron chi connectivity index (χ3n) is 11.8. The summed E-state index contributed by atoms with van der Waals surface area (Å²) in [5, 5.41) is 2.16. The molecule has 0 aliphatic heterocycles. The van der Waals surface area contributed by atoms with Gasteiger partial charge in [-0.05, 0) is 196 Å². The minimum Gasteiger partial charge on any atom is -0.457 e. The van der Waals surface area contributed by atoms with Gasteiger partial charge in [-0.3, -0.25) is 19.9 Å². The van der Waals surface area contributed by atoms with E-state index in [0.717, 1.165) is 56.9 Å². The summed E-state index contributed by atoms with van der Waals surface area (Å²) in [7, 11) is -3.37. The molecule has 0 bridgehead atoms. The highest BCUT2D eigenvalue weighted by Crippen LogP contribution is 2.35. The molecular weight excluding hydrogens is 1110 g/mol. The van der Waals surface area contributed by atoms with Crippen LogP contribution in [0.4, 0.5) is 0 Å². The van der Waals surface area contributed by atoms with E-state index in [2.05, 4.69) is 147 Å². The van der Waals surface area contributed by atoms with Gasteiger partial charge in [0.1, 0.15) is 23.0 Å². The summed E-state index contributed by atoms with van der Waals surface area (Å²) in [6.45, 7) is 28.7. The van der Waals surface area contributed by atoms with Crippen molar-refractivity contribution in [2.45, 2.75) is 164 Å². The number of aromatic nitrogens is 4. The molecule has 0 fully saturated rings. The highest BCUT2D eigenvalue weighted by atomic mass is 32.2. The Labute approximate surface area is 524 Å². The van der Waals surface area contributed by atoms with Crippen LogP contribution in [0.25, 0.3) is 0 Å². The first-order valence-corrected chi connectivity index (χ1v) is 28.9. The highest BCUT2D eigenvalue weighted by molar-refractivity contribution is 7.91. The van der Waals surface area contributed by atoms with Crippen LogP contribution >= 0.6 is 22.7 Å². The summed E-state index contributed by atoms with van der Waals surface area (Å²) >= 11 is 3.65. The molecule has 0 radical (unpaired) electrons. The molecule has 4 heterocycles. The summed E-state index contributed by atoms with van der Waals surface area (Å²) in [4.78, 5) is 20.9. The second-order valence-corrected chi connectivity index (χ2v) is 24.2. The van der Waals surface area contributed by atoms with Gasteiger partial charge in [0.05, 0.1) is 32.6 Å². The predicted molar refractivity (Wildman–Crippen MR) is 373 cm³/mol. The zero-order valence-electron chi connectivity index (χ0n) is 47.6. The normalized spacial score (nSPS) is 9.67. The second kappa shape index (κ2) is 39.9. The maximum atomic E-state index is 12.3. The molecule has 0 saturated heterocycles. The van der Waals surface area contributed by atoms with Gasteiger partial charge in [0, 0.05) is 44.8 Å². The zero-order chi connectivity index (χ0) is 56.8. The molecule has 0 spiro atoms. The van der Waals surface area contributed by atoms with Gasteiger partial charge < -0.3 is 9.47 Å². The molecule has 0 saturated carbocycles. The highest BCUT2D eigenvalue weighted by Gasteiger charge is 2.23. The van der Waals surface area contributed by atoms with Gasteiger partial charge in [0.15, 0.2) is 0 Å². The lowest BCUT2D eigenvalue weighted by atomic mass is 9.78. The fourth-order valence-electron chi connectivity index (χ4n) is 7.28. The Balaban J connectivity index is -0.00000105. The van der Waals surface area contributed by atoms with Crippen LogP contribution in [0.15, 0.2) is 204 Å². The third kappa shape index (κ3) is 28.2. The minimum absolute atomic E-state index is 0. The molecule has 10 aromatic rings. The third-order valence-corrected chi connectivity index (χ3v) is 15.5. The van der Waals surface area contributed by atoms with Crippen LogP contribution in [0.3, 0.4) is 0 Å². The van der Waals surface area contributed by atoms with Crippen LogP contribution in [-0.4, -0.2) is 28.4 Å². The lowest BCUT2D eigenvalue weighted by Gasteiger charge is -2.26. The van der Waals surface area contributed by atoms with Crippen molar-refractivity contribution in [1.29, 1.82) is 0 Å². The Morgan fingerprint density at radius 1 is 0.365 bits per heavy atom. The summed E-state index contributed by atoms with van der Waals surface area (Å²) in [5.74, 6) is 3.37. The Hall–Kier alpha value is -7.57. The molecule has 0 amide bonds. The molecule has 6 aromatic carbocycles. The predicted octanol–water partition coefficient (Wildman–Crippen LogP) is 22.7. The van der Waals surface area contributed by atoms with Gasteiger partial charge in [-0.1, -0.05) is 161 Å². The summed E-state index contributed by atoms with van der Waals surface area (Å²) in [6.07, 6.45) is 7.00. The first-order chi connectivity index (χ1) is 37.0. The standard InChI is InChI=1S/C29H28O2.C14H14O2S.2C6H8N2.2C6H8S.7CH4/c1-21-5-13-25(14-6-21)30-27-17-9-23(10-18-27)29(3,4)24-11-19-28(20-12-24)31-26-15-7-22(2)8-16-26;1-11-3-7-13(8-4-11)17(15,16)14-9-5-12(2)6-10-14;1-5-3-8-6(2)4-7-5;1-5-3-7-4-6(2)8-5;1-5-3-6(2)7-4-5;1-5-3-4-6(2)7-5;;;;;;;/h5-20H,1-4H3;3-10H,1-2H3;2*3-4H,1-2H3;2*3-4H,1-2H3;7*1H4. The maximum absolute atomic E-state index is 12.3. The van der Waals surface area contributed by atoms with Crippen LogP contribution in [0.2, 0.25) is 0 Å². The largest absolute Gasteiger partial charge is 0.457 e.